The quantitative estimate of drug-likeness (QED) is 0.795. The molecule has 2 aliphatic heterocycles. The van der Waals surface area contributed by atoms with Gasteiger partial charge in [-0.3, -0.25) is 0 Å². The first kappa shape index (κ1) is 13.2. The number of para-hydroxylation sites is 1. The molecule has 2 bridgehead atoms. The molecule has 2 spiro atoms. The molecule has 7 aliphatic rings. The largest absolute Gasteiger partial charge is 0.352 e. The van der Waals surface area contributed by atoms with Crippen molar-refractivity contribution < 1.29 is 0 Å². The third-order valence-electron chi connectivity index (χ3n) is 9.73. The Morgan fingerprint density at radius 3 is 1.85 bits per heavy atom. The molecule has 0 saturated heterocycles. The molecule has 3 heterocycles. The predicted molar refractivity (Wildman–Crippen MR) is 94.3 cm³/mol. The van der Waals surface area contributed by atoms with E-state index in [1.54, 1.807) is 0 Å². The first-order valence-corrected chi connectivity index (χ1v) is 10.3. The van der Waals surface area contributed by atoms with Gasteiger partial charge in [-0.1, -0.05) is 37.5 Å². The third-order valence-corrected chi connectivity index (χ3v) is 9.73. The minimum atomic E-state index is -0.101. The molecule has 1 aromatic heterocycles. The van der Waals surface area contributed by atoms with Crippen LogP contribution in [0.3, 0.4) is 0 Å². The van der Waals surface area contributed by atoms with Crippen LogP contribution in [0, 0.1) is 34.5 Å². The molecule has 2 aromatic rings. The van der Waals surface area contributed by atoms with Crippen LogP contribution in [0.25, 0.3) is 5.69 Å². The molecule has 5 nitrogen and oxygen atoms in total. The molecule has 5 fully saturated rings. The van der Waals surface area contributed by atoms with Crippen molar-refractivity contribution in [1.82, 2.24) is 13.9 Å². The first-order chi connectivity index (χ1) is 12.7. The van der Waals surface area contributed by atoms with Gasteiger partial charge in [0.25, 0.3) is 0 Å². The standard InChI is InChI=1S/C21H21N3O2/c25-18-22(11-7-3-1-4-8-11)19(26)24-17-13-12-14-15(13)21(17)10-6-2-5-9-20(14,21)16(12)23(18)24/h1,3-4,7-8,12-17H,2,5-6,9-10H2/t12-,13-,14-,15+,16+,17-,20+,21-/m0/s1. The third kappa shape index (κ3) is 0.876. The van der Waals surface area contributed by atoms with Crippen LogP contribution in [-0.4, -0.2) is 13.9 Å². The minimum Gasteiger partial charge on any atom is -0.245 e. The highest BCUT2D eigenvalue weighted by molar-refractivity contribution is 5.48. The molecule has 0 unspecified atom stereocenters. The second kappa shape index (κ2) is 3.54. The van der Waals surface area contributed by atoms with Gasteiger partial charge >= 0.3 is 11.4 Å². The predicted octanol–water partition coefficient (Wildman–Crippen LogP) is 2.35. The van der Waals surface area contributed by atoms with Crippen LogP contribution in [0.2, 0.25) is 0 Å². The van der Waals surface area contributed by atoms with Crippen molar-refractivity contribution in [2.75, 3.05) is 0 Å². The van der Waals surface area contributed by atoms with Gasteiger partial charge in [0.05, 0.1) is 17.8 Å². The lowest BCUT2D eigenvalue weighted by Gasteiger charge is -3.01. The molecular formula is C21H21N3O2. The van der Waals surface area contributed by atoms with Crippen LogP contribution in [0.4, 0.5) is 0 Å². The van der Waals surface area contributed by atoms with E-state index < -0.39 is 0 Å². The summed E-state index contributed by atoms with van der Waals surface area (Å²) in [5, 5.41) is 0. The zero-order valence-corrected chi connectivity index (χ0v) is 14.5. The maximum Gasteiger partial charge on any atom is 0.352 e. The van der Waals surface area contributed by atoms with Crippen molar-refractivity contribution in [3.63, 3.8) is 0 Å². The lowest BCUT2D eigenvalue weighted by molar-refractivity contribution is -0.552. The summed E-state index contributed by atoms with van der Waals surface area (Å²) in [6.45, 7) is 0. The van der Waals surface area contributed by atoms with Gasteiger partial charge in [-0.05, 0) is 48.6 Å². The average molecular weight is 347 g/mol. The summed E-state index contributed by atoms with van der Waals surface area (Å²) in [5.74, 6) is 3.13. The topological polar surface area (TPSA) is 48.9 Å². The number of nitrogens with zero attached hydrogens (tertiary/aromatic N) is 3. The highest BCUT2D eigenvalue weighted by Crippen LogP contribution is 3.03. The zero-order chi connectivity index (χ0) is 17.0. The summed E-state index contributed by atoms with van der Waals surface area (Å²) < 4.78 is 5.28. The van der Waals surface area contributed by atoms with E-state index in [0.29, 0.717) is 40.4 Å². The Bertz CT molecular complexity index is 1060. The Morgan fingerprint density at radius 2 is 1.31 bits per heavy atom. The molecule has 5 aliphatic carbocycles. The molecule has 0 N–H and O–H groups in total. The summed E-state index contributed by atoms with van der Waals surface area (Å²) in [6, 6.07) is 10.1. The maximum atomic E-state index is 13.4. The van der Waals surface area contributed by atoms with Crippen molar-refractivity contribution in [2.45, 2.75) is 44.2 Å². The van der Waals surface area contributed by atoms with Gasteiger partial charge in [0.2, 0.25) is 0 Å². The molecular weight excluding hydrogens is 326 g/mol. The highest BCUT2D eigenvalue weighted by Gasteiger charge is 3.02. The van der Waals surface area contributed by atoms with E-state index in [2.05, 4.69) is 0 Å². The van der Waals surface area contributed by atoms with Crippen LogP contribution in [0.5, 0.6) is 0 Å². The van der Waals surface area contributed by atoms with E-state index in [4.69, 9.17) is 0 Å². The van der Waals surface area contributed by atoms with Crippen LogP contribution in [0.15, 0.2) is 39.9 Å². The Kier molecular flexibility index (Phi) is 1.79. The molecule has 5 saturated carbocycles. The normalized spacial score (nSPS) is 50.2. The summed E-state index contributed by atoms with van der Waals surface area (Å²) in [5.41, 5.74) is 1.22. The molecule has 5 heteroatoms. The number of aromatic nitrogens is 3. The summed E-state index contributed by atoms with van der Waals surface area (Å²) in [6.07, 6.45) is 6.52. The van der Waals surface area contributed by atoms with Gasteiger partial charge in [-0.25, -0.2) is 23.5 Å². The number of hydrogen-bond donors (Lipinski definition) is 0. The molecule has 9 rings (SSSR count). The van der Waals surface area contributed by atoms with E-state index >= 15 is 0 Å². The van der Waals surface area contributed by atoms with Gasteiger partial charge in [0, 0.05) is 10.8 Å². The Morgan fingerprint density at radius 1 is 0.769 bits per heavy atom. The highest BCUT2D eigenvalue weighted by atomic mass is 16.2. The summed E-state index contributed by atoms with van der Waals surface area (Å²) >= 11 is 0. The Hall–Kier alpha value is -2.04. The van der Waals surface area contributed by atoms with E-state index in [1.165, 1.54) is 36.7 Å². The average Bonchev–Trinajstić information content (AvgIpc) is 2.78. The lowest BCUT2D eigenvalue weighted by atomic mass is 9.05. The van der Waals surface area contributed by atoms with Crippen molar-refractivity contribution in [3.8, 4) is 5.69 Å². The van der Waals surface area contributed by atoms with Gasteiger partial charge in [0.1, 0.15) is 0 Å². The van der Waals surface area contributed by atoms with Crippen LogP contribution >= 0.6 is 0 Å². The van der Waals surface area contributed by atoms with Crippen LogP contribution in [-0.2, 0) is 0 Å². The fraction of sp³-hybridized carbons (Fsp3) is 0.619. The molecule has 0 amide bonds. The fourth-order valence-corrected chi connectivity index (χ4v) is 9.52. The molecule has 0 radical (unpaired) electrons. The van der Waals surface area contributed by atoms with Crippen molar-refractivity contribution in [3.05, 3.63) is 51.3 Å². The second-order valence-electron chi connectivity index (χ2n) is 9.66. The number of benzene rings is 1. The first-order valence-electron chi connectivity index (χ1n) is 10.3. The van der Waals surface area contributed by atoms with E-state index in [-0.39, 0.29) is 11.4 Å². The van der Waals surface area contributed by atoms with Gasteiger partial charge in [-0.15, -0.1) is 0 Å². The summed E-state index contributed by atoms with van der Waals surface area (Å²) in [4.78, 5) is 26.8. The van der Waals surface area contributed by atoms with Crippen molar-refractivity contribution >= 4 is 0 Å². The molecule has 132 valence electrons. The molecule has 8 atom stereocenters. The van der Waals surface area contributed by atoms with Crippen LogP contribution in [0.1, 0.15) is 44.2 Å². The smallest absolute Gasteiger partial charge is 0.245 e. The summed E-state index contributed by atoms with van der Waals surface area (Å²) in [7, 11) is 0. The Balaban J connectivity index is 1.44. The number of hydrogen-bond acceptors (Lipinski definition) is 2. The van der Waals surface area contributed by atoms with E-state index in [9.17, 15) is 9.59 Å². The second-order valence-corrected chi connectivity index (χ2v) is 9.66. The van der Waals surface area contributed by atoms with Crippen LogP contribution < -0.4 is 11.4 Å². The van der Waals surface area contributed by atoms with Crippen molar-refractivity contribution in [2.24, 2.45) is 34.5 Å². The number of rotatable bonds is 1. The zero-order valence-electron chi connectivity index (χ0n) is 14.5. The molecule has 26 heavy (non-hydrogen) atoms. The van der Waals surface area contributed by atoms with E-state index in [0.717, 1.165) is 11.8 Å². The monoisotopic (exact) mass is 347 g/mol. The Labute approximate surface area is 150 Å². The van der Waals surface area contributed by atoms with Crippen molar-refractivity contribution in [1.29, 1.82) is 0 Å². The SMILES string of the molecule is O=c1n(-c2ccccc2)c(=O)n2n1[C@H]1[C@H]3[C@H]4[C@H]5[C@@H]3[C@@]13CCCCC[C@]53[C@@H]42. The van der Waals surface area contributed by atoms with Gasteiger partial charge < -0.3 is 0 Å². The van der Waals surface area contributed by atoms with Gasteiger partial charge in [-0.2, -0.15) is 0 Å². The molecule has 1 aromatic carbocycles. The lowest BCUT2D eigenvalue weighted by Crippen LogP contribution is -3.00. The minimum absolute atomic E-state index is 0.101. The maximum absolute atomic E-state index is 13.4. The van der Waals surface area contributed by atoms with E-state index in [1.807, 2.05) is 39.7 Å². The van der Waals surface area contributed by atoms with Gasteiger partial charge in [0.15, 0.2) is 0 Å². The fourth-order valence-electron chi connectivity index (χ4n) is 9.52.